The standard InChI is InChI=1S/C4H10FNO2S.ClH/c1-6(2)3-4-9(5,7)8;/h3-4H2,1-2H3;1H. The minimum Gasteiger partial charge on any atom is -0.308 e. The van der Waals surface area contributed by atoms with Crippen molar-refractivity contribution in [2.45, 2.75) is 0 Å². The van der Waals surface area contributed by atoms with Crippen molar-refractivity contribution in [3.8, 4) is 0 Å². The zero-order valence-corrected chi connectivity index (χ0v) is 7.51. The molecule has 6 heteroatoms. The first-order valence-corrected chi connectivity index (χ1v) is 4.04. The van der Waals surface area contributed by atoms with Gasteiger partial charge in [0.25, 0.3) is 0 Å². The SMILES string of the molecule is CN(C)CCS(=O)(=O)F.Cl. The minimum absolute atomic E-state index is 0. The molecule has 0 radical (unpaired) electrons. The van der Waals surface area contributed by atoms with Gasteiger partial charge in [0.15, 0.2) is 0 Å². The zero-order valence-electron chi connectivity index (χ0n) is 5.87. The fourth-order valence-electron chi connectivity index (χ4n) is 0.292. The smallest absolute Gasteiger partial charge is 0.303 e. The summed E-state index contributed by atoms with van der Waals surface area (Å²) >= 11 is 0. The van der Waals surface area contributed by atoms with Crippen molar-refractivity contribution in [2.24, 2.45) is 0 Å². The molecule has 0 saturated heterocycles. The van der Waals surface area contributed by atoms with Crippen LogP contribution in [0.3, 0.4) is 0 Å². The van der Waals surface area contributed by atoms with E-state index in [4.69, 9.17) is 0 Å². The summed E-state index contributed by atoms with van der Waals surface area (Å²) in [7, 11) is -0.889. The molecule has 0 aromatic carbocycles. The van der Waals surface area contributed by atoms with Gasteiger partial charge < -0.3 is 4.90 Å². The number of halogens is 2. The fourth-order valence-corrected chi connectivity index (χ4v) is 0.875. The molecular weight excluding hydrogens is 181 g/mol. The second kappa shape index (κ2) is 4.87. The van der Waals surface area contributed by atoms with Gasteiger partial charge in [-0.2, -0.15) is 8.42 Å². The molecule has 0 amide bonds. The van der Waals surface area contributed by atoms with Crippen molar-refractivity contribution < 1.29 is 12.3 Å². The summed E-state index contributed by atoms with van der Waals surface area (Å²) in [5, 5.41) is 0. The topological polar surface area (TPSA) is 37.4 Å². The van der Waals surface area contributed by atoms with Gasteiger partial charge in [0, 0.05) is 6.54 Å². The Morgan fingerprint density at radius 3 is 1.90 bits per heavy atom. The Labute approximate surface area is 66.8 Å². The summed E-state index contributed by atoms with van der Waals surface area (Å²) in [6.07, 6.45) is 0. The maximum Gasteiger partial charge on any atom is 0.303 e. The molecule has 0 aromatic heterocycles. The molecule has 0 aliphatic carbocycles. The molecule has 0 unspecified atom stereocenters. The minimum atomic E-state index is -4.26. The van der Waals surface area contributed by atoms with E-state index in [-0.39, 0.29) is 19.0 Å². The Hall–Kier alpha value is 0.130. The molecule has 0 heterocycles. The highest BCUT2D eigenvalue weighted by Crippen LogP contribution is 1.89. The monoisotopic (exact) mass is 191 g/mol. The van der Waals surface area contributed by atoms with Gasteiger partial charge in [-0.25, -0.2) is 0 Å². The van der Waals surface area contributed by atoms with Gasteiger partial charge in [-0.05, 0) is 14.1 Å². The summed E-state index contributed by atoms with van der Waals surface area (Å²) in [6, 6.07) is 0. The maximum absolute atomic E-state index is 11.7. The lowest BCUT2D eigenvalue weighted by Crippen LogP contribution is -2.19. The van der Waals surface area contributed by atoms with Crippen molar-refractivity contribution in [1.29, 1.82) is 0 Å². The van der Waals surface area contributed by atoms with E-state index < -0.39 is 16.0 Å². The highest BCUT2D eigenvalue weighted by atomic mass is 35.5. The molecule has 0 aromatic rings. The molecule has 3 nitrogen and oxygen atoms in total. The highest BCUT2D eigenvalue weighted by molar-refractivity contribution is 7.86. The Morgan fingerprint density at radius 1 is 1.40 bits per heavy atom. The number of hydrogen-bond acceptors (Lipinski definition) is 3. The van der Waals surface area contributed by atoms with E-state index in [1.54, 1.807) is 19.0 Å². The lowest BCUT2D eigenvalue weighted by Gasteiger charge is -2.04. The molecule has 0 atom stereocenters. The Bertz CT molecular complexity index is 168. The van der Waals surface area contributed by atoms with Crippen LogP contribution in [0.15, 0.2) is 0 Å². The van der Waals surface area contributed by atoms with E-state index in [1.165, 1.54) is 0 Å². The molecule has 0 spiro atoms. The molecule has 0 bridgehead atoms. The quantitative estimate of drug-likeness (QED) is 0.601. The Kier molecular flexibility index (Phi) is 6.22. The Balaban J connectivity index is 0. The van der Waals surface area contributed by atoms with Crippen LogP contribution in [0.1, 0.15) is 0 Å². The van der Waals surface area contributed by atoms with Crippen LogP contribution in [0.5, 0.6) is 0 Å². The molecule has 0 saturated carbocycles. The first-order valence-electron chi connectivity index (χ1n) is 2.49. The molecular formula is C4H11ClFNO2S. The van der Waals surface area contributed by atoms with E-state index in [2.05, 4.69) is 0 Å². The van der Waals surface area contributed by atoms with Crippen molar-refractivity contribution in [2.75, 3.05) is 26.4 Å². The van der Waals surface area contributed by atoms with Crippen LogP contribution in [0.4, 0.5) is 3.89 Å². The highest BCUT2D eigenvalue weighted by Gasteiger charge is 2.05. The van der Waals surface area contributed by atoms with Crippen LogP contribution in [0.2, 0.25) is 0 Å². The van der Waals surface area contributed by atoms with E-state index in [0.29, 0.717) is 0 Å². The van der Waals surface area contributed by atoms with Gasteiger partial charge >= 0.3 is 10.2 Å². The van der Waals surface area contributed by atoms with E-state index in [0.717, 1.165) is 0 Å². The average molecular weight is 192 g/mol. The fraction of sp³-hybridized carbons (Fsp3) is 1.00. The Morgan fingerprint density at radius 2 is 1.80 bits per heavy atom. The average Bonchev–Trinajstić information content (AvgIpc) is 1.59. The van der Waals surface area contributed by atoms with Crippen molar-refractivity contribution in [3.05, 3.63) is 0 Å². The lowest BCUT2D eigenvalue weighted by molar-refractivity contribution is 0.428. The molecule has 0 aliphatic rings. The molecule has 0 fully saturated rings. The second-order valence-corrected chi connectivity index (χ2v) is 3.53. The third-order valence-corrected chi connectivity index (χ3v) is 1.45. The second-order valence-electron chi connectivity index (χ2n) is 2.05. The predicted molar refractivity (Wildman–Crippen MR) is 40.7 cm³/mol. The van der Waals surface area contributed by atoms with E-state index >= 15 is 0 Å². The van der Waals surface area contributed by atoms with Crippen LogP contribution >= 0.6 is 12.4 Å². The molecule has 10 heavy (non-hydrogen) atoms. The largest absolute Gasteiger partial charge is 0.308 e. The summed E-state index contributed by atoms with van der Waals surface area (Å²) in [4.78, 5) is 1.61. The van der Waals surface area contributed by atoms with E-state index in [9.17, 15) is 12.3 Å². The van der Waals surface area contributed by atoms with Crippen LogP contribution in [0.25, 0.3) is 0 Å². The first kappa shape index (κ1) is 12.8. The lowest BCUT2D eigenvalue weighted by atomic mass is 10.7. The molecule has 0 aliphatic heterocycles. The van der Waals surface area contributed by atoms with Gasteiger partial charge in [0.1, 0.15) is 0 Å². The first-order chi connectivity index (χ1) is 3.92. The van der Waals surface area contributed by atoms with Crippen molar-refractivity contribution in [3.63, 3.8) is 0 Å². The third-order valence-electron chi connectivity index (χ3n) is 0.782. The van der Waals surface area contributed by atoms with Gasteiger partial charge in [0.05, 0.1) is 5.75 Å². The van der Waals surface area contributed by atoms with Crippen LogP contribution in [0, 0.1) is 0 Å². The number of hydrogen-bond donors (Lipinski definition) is 0. The van der Waals surface area contributed by atoms with Gasteiger partial charge in [-0.15, -0.1) is 16.3 Å². The predicted octanol–water partition coefficient (Wildman–Crippen LogP) is 0.269. The molecule has 0 rings (SSSR count). The summed E-state index contributed by atoms with van der Waals surface area (Å²) in [5.74, 6) is -0.417. The third kappa shape index (κ3) is 11.0. The maximum atomic E-state index is 11.7. The number of nitrogens with zero attached hydrogens (tertiary/aromatic N) is 1. The van der Waals surface area contributed by atoms with Crippen molar-refractivity contribution in [1.82, 2.24) is 4.90 Å². The molecule has 64 valence electrons. The van der Waals surface area contributed by atoms with Crippen LogP contribution < -0.4 is 0 Å². The van der Waals surface area contributed by atoms with E-state index in [1.807, 2.05) is 0 Å². The normalized spacial score (nSPS) is 11.2. The van der Waals surface area contributed by atoms with Crippen LogP contribution in [-0.4, -0.2) is 39.7 Å². The van der Waals surface area contributed by atoms with Gasteiger partial charge in [-0.3, -0.25) is 0 Å². The summed E-state index contributed by atoms with van der Waals surface area (Å²) in [5.41, 5.74) is 0. The number of rotatable bonds is 3. The zero-order chi connectivity index (χ0) is 7.49. The summed E-state index contributed by atoms with van der Waals surface area (Å²) < 4.78 is 31.4. The van der Waals surface area contributed by atoms with Crippen LogP contribution in [-0.2, 0) is 10.2 Å². The van der Waals surface area contributed by atoms with Gasteiger partial charge in [0.2, 0.25) is 0 Å². The van der Waals surface area contributed by atoms with Gasteiger partial charge in [-0.1, -0.05) is 0 Å². The van der Waals surface area contributed by atoms with Crippen molar-refractivity contribution >= 4 is 22.6 Å². The molecule has 0 N–H and O–H groups in total. The summed E-state index contributed by atoms with van der Waals surface area (Å²) in [6.45, 7) is 0.235.